The maximum atomic E-state index is 14.0. The first kappa shape index (κ1) is 16.2. The van der Waals surface area contributed by atoms with Gasteiger partial charge in [0.2, 0.25) is 5.88 Å². The molecule has 7 heteroatoms. The first-order valence-corrected chi connectivity index (χ1v) is 7.78. The van der Waals surface area contributed by atoms with E-state index in [-0.39, 0.29) is 17.3 Å². The largest absolute Gasteiger partial charge is 0.481 e. The molecule has 0 atom stereocenters. The molecule has 2 N–H and O–H groups in total. The van der Waals surface area contributed by atoms with Crippen LogP contribution in [0.15, 0.2) is 36.8 Å². The quantitative estimate of drug-likeness (QED) is 0.884. The first-order chi connectivity index (χ1) is 11.6. The van der Waals surface area contributed by atoms with Gasteiger partial charge in [-0.1, -0.05) is 6.42 Å². The summed E-state index contributed by atoms with van der Waals surface area (Å²) in [6.45, 7) is 0.378. The molecule has 1 aliphatic carbocycles. The number of amides is 2. The second kappa shape index (κ2) is 6.82. The van der Waals surface area contributed by atoms with Crippen LogP contribution in [0.2, 0.25) is 0 Å². The summed E-state index contributed by atoms with van der Waals surface area (Å²) < 4.78 is 19.0. The maximum absolute atomic E-state index is 14.0. The van der Waals surface area contributed by atoms with Crippen molar-refractivity contribution in [1.29, 1.82) is 0 Å². The molecule has 2 aromatic rings. The van der Waals surface area contributed by atoms with Gasteiger partial charge in [0, 0.05) is 24.2 Å². The second-order valence-corrected chi connectivity index (χ2v) is 5.89. The molecule has 0 bridgehead atoms. The van der Waals surface area contributed by atoms with Gasteiger partial charge in [-0.25, -0.2) is 14.2 Å². The highest BCUT2D eigenvalue weighted by molar-refractivity contribution is 5.89. The van der Waals surface area contributed by atoms with Crippen molar-refractivity contribution in [2.24, 2.45) is 0 Å². The summed E-state index contributed by atoms with van der Waals surface area (Å²) in [5, 5.41) is 5.54. The van der Waals surface area contributed by atoms with Gasteiger partial charge < -0.3 is 15.4 Å². The molecular weight excluding hydrogens is 311 g/mol. The fourth-order valence-corrected chi connectivity index (χ4v) is 2.95. The number of carbonyl (C=O) groups excluding carboxylic acids is 1. The number of pyridine rings is 2. The van der Waals surface area contributed by atoms with Crippen LogP contribution in [-0.4, -0.2) is 29.7 Å². The highest BCUT2D eigenvalue weighted by atomic mass is 19.1. The van der Waals surface area contributed by atoms with Crippen LogP contribution in [0.1, 0.15) is 24.8 Å². The Labute approximate surface area is 139 Å². The lowest BCUT2D eigenvalue weighted by Crippen LogP contribution is -2.47. The maximum Gasteiger partial charge on any atom is 0.319 e. The van der Waals surface area contributed by atoms with E-state index in [0.717, 1.165) is 19.3 Å². The minimum atomic E-state index is -0.345. The number of aromatic nitrogens is 2. The van der Waals surface area contributed by atoms with Gasteiger partial charge in [0.25, 0.3) is 0 Å². The topological polar surface area (TPSA) is 76.1 Å². The Morgan fingerprint density at radius 2 is 2.17 bits per heavy atom. The number of anilines is 1. The average Bonchev–Trinajstić information content (AvgIpc) is 2.56. The van der Waals surface area contributed by atoms with Gasteiger partial charge in [0.05, 0.1) is 25.2 Å². The minimum absolute atomic E-state index is 0.321. The predicted molar refractivity (Wildman–Crippen MR) is 87.5 cm³/mol. The highest BCUT2D eigenvalue weighted by Crippen LogP contribution is 2.43. The van der Waals surface area contributed by atoms with Crippen molar-refractivity contribution >= 4 is 11.7 Å². The van der Waals surface area contributed by atoms with E-state index in [4.69, 9.17) is 4.74 Å². The number of hydrogen-bond acceptors (Lipinski definition) is 4. The zero-order chi connectivity index (χ0) is 17.0. The summed E-state index contributed by atoms with van der Waals surface area (Å²) in [5.41, 5.74) is 0.837. The number of ether oxygens (including phenoxy) is 1. The van der Waals surface area contributed by atoms with Crippen LogP contribution in [0.5, 0.6) is 5.88 Å². The molecule has 0 spiro atoms. The molecule has 0 saturated heterocycles. The minimum Gasteiger partial charge on any atom is -0.481 e. The highest BCUT2D eigenvalue weighted by Gasteiger charge is 2.40. The van der Waals surface area contributed by atoms with Crippen LogP contribution in [0, 0.1) is 5.82 Å². The molecule has 0 radical (unpaired) electrons. The number of nitrogens with zero attached hydrogens (tertiary/aromatic N) is 2. The molecule has 2 heterocycles. The molecule has 6 nitrogen and oxygen atoms in total. The Morgan fingerprint density at radius 3 is 2.75 bits per heavy atom. The number of nitrogens with one attached hydrogen (secondary N) is 2. The zero-order valence-electron chi connectivity index (χ0n) is 13.4. The summed E-state index contributed by atoms with van der Waals surface area (Å²) >= 11 is 0. The van der Waals surface area contributed by atoms with Crippen molar-refractivity contribution in [3.8, 4) is 5.88 Å². The molecule has 0 aliphatic heterocycles. The molecule has 1 fully saturated rings. The number of rotatable bonds is 5. The van der Waals surface area contributed by atoms with Crippen LogP contribution < -0.4 is 15.4 Å². The number of halogens is 1. The van der Waals surface area contributed by atoms with E-state index in [1.807, 2.05) is 0 Å². The summed E-state index contributed by atoms with van der Waals surface area (Å²) in [6.07, 6.45) is 7.03. The molecular formula is C17H19FN4O2. The fraction of sp³-hybridized carbons (Fsp3) is 0.353. The Kier molecular flexibility index (Phi) is 4.59. The van der Waals surface area contributed by atoms with E-state index >= 15 is 0 Å². The summed E-state index contributed by atoms with van der Waals surface area (Å²) in [7, 11) is 1.53. The molecule has 0 aromatic carbocycles. The Bertz CT molecular complexity index is 717. The van der Waals surface area contributed by atoms with E-state index in [2.05, 4.69) is 20.6 Å². The van der Waals surface area contributed by atoms with Crippen molar-refractivity contribution in [3.05, 3.63) is 48.2 Å². The molecule has 0 unspecified atom stereocenters. The van der Waals surface area contributed by atoms with Gasteiger partial charge in [-0.15, -0.1) is 0 Å². The van der Waals surface area contributed by atoms with Crippen molar-refractivity contribution in [2.75, 3.05) is 19.0 Å². The van der Waals surface area contributed by atoms with Crippen LogP contribution >= 0.6 is 0 Å². The van der Waals surface area contributed by atoms with E-state index in [0.29, 0.717) is 23.7 Å². The number of carbonyl (C=O) groups is 1. The Balaban J connectivity index is 1.61. The Hall–Kier alpha value is -2.70. The second-order valence-electron chi connectivity index (χ2n) is 5.89. The van der Waals surface area contributed by atoms with Crippen LogP contribution in [0.3, 0.4) is 0 Å². The van der Waals surface area contributed by atoms with Gasteiger partial charge in [0.15, 0.2) is 0 Å². The monoisotopic (exact) mass is 330 g/mol. The van der Waals surface area contributed by atoms with E-state index in [1.165, 1.54) is 19.5 Å². The lowest BCUT2D eigenvalue weighted by molar-refractivity contribution is 0.217. The normalized spacial score (nSPS) is 15.2. The SMILES string of the molecule is COc1ccc(NC(=O)NCC2(c3ccncc3F)CCC2)cn1. The van der Waals surface area contributed by atoms with Gasteiger partial charge in [0.1, 0.15) is 5.82 Å². The number of urea groups is 1. The standard InChI is InChI=1S/C17H19FN4O2/c1-24-15-4-3-12(9-20-15)22-16(23)21-11-17(6-2-7-17)13-5-8-19-10-14(13)18/h3-5,8-10H,2,6-7,11H2,1H3,(H2,21,22,23). The lowest BCUT2D eigenvalue weighted by Gasteiger charge is -2.42. The van der Waals surface area contributed by atoms with Crippen LogP contribution in [0.25, 0.3) is 0 Å². The molecule has 2 aromatic heterocycles. The lowest BCUT2D eigenvalue weighted by atomic mass is 9.64. The number of hydrogen-bond donors (Lipinski definition) is 2. The Morgan fingerprint density at radius 1 is 1.33 bits per heavy atom. The van der Waals surface area contributed by atoms with Crippen LogP contribution in [0.4, 0.5) is 14.9 Å². The zero-order valence-corrected chi connectivity index (χ0v) is 13.4. The smallest absolute Gasteiger partial charge is 0.319 e. The van der Waals surface area contributed by atoms with Crippen molar-refractivity contribution < 1.29 is 13.9 Å². The van der Waals surface area contributed by atoms with Gasteiger partial charge >= 0.3 is 6.03 Å². The fourth-order valence-electron chi connectivity index (χ4n) is 2.95. The van der Waals surface area contributed by atoms with Gasteiger partial charge in [-0.2, -0.15) is 0 Å². The van der Waals surface area contributed by atoms with Crippen molar-refractivity contribution in [2.45, 2.75) is 24.7 Å². The van der Waals surface area contributed by atoms with E-state index in [9.17, 15) is 9.18 Å². The molecule has 2 amide bonds. The van der Waals surface area contributed by atoms with Gasteiger partial charge in [-0.3, -0.25) is 4.98 Å². The van der Waals surface area contributed by atoms with Gasteiger partial charge in [-0.05, 0) is 30.5 Å². The predicted octanol–water partition coefficient (Wildman–Crippen LogP) is 2.87. The third-order valence-corrected chi connectivity index (χ3v) is 4.45. The first-order valence-electron chi connectivity index (χ1n) is 7.78. The number of methoxy groups -OCH3 is 1. The molecule has 1 aliphatic rings. The van der Waals surface area contributed by atoms with Crippen molar-refractivity contribution in [3.63, 3.8) is 0 Å². The third kappa shape index (κ3) is 3.29. The molecule has 3 rings (SSSR count). The average molecular weight is 330 g/mol. The molecule has 1 saturated carbocycles. The third-order valence-electron chi connectivity index (χ3n) is 4.45. The van der Waals surface area contributed by atoms with Crippen molar-refractivity contribution in [1.82, 2.24) is 15.3 Å². The van der Waals surface area contributed by atoms with Crippen LogP contribution in [-0.2, 0) is 5.41 Å². The summed E-state index contributed by atoms with van der Waals surface area (Å²) in [5.74, 6) is 0.154. The molecule has 126 valence electrons. The summed E-state index contributed by atoms with van der Waals surface area (Å²) in [4.78, 5) is 19.9. The molecule has 24 heavy (non-hydrogen) atoms. The summed E-state index contributed by atoms with van der Waals surface area (Å²) in [6, 6.07) is 4.71. The van der Waals surface area contributed by atoms with E-state index in [1.54, 1.807) is 24.4 Å². The van der Waals surface area contributed by atoms with E-state index < -0.39 is 0 Å².